The summed E-state index contributed by atoms with van der Waals surface area (Å²) in [5, 5.41) is 9.34. The summed E-state index contributed by atoms with van der Waals surface area (Å²) in [5.41, 5.74) is 5.28. The van der Waals surface area contributed by atoms with Crippen LogP contribution in [0.2, 0.25) is 0 Å². The second-order valence-electron chi connectivity index (χ2n) is 8.52. The van der Waals surface area contributed by atoms with E-state index in [1.807, 2.05) is 6.92 Å². The first kappa shape index (κ1) is 18.4. The summed E-state index contributed by atoms with van der Waals surface area (Å²) in [7, 11) is 0. The molecule has 1 saturated heterocycles. The van der Waals surface area contributed by atoms with Crippen LogP contribution in [0.4, 0.5) is 14.5 Å². The molecule has 3 N–H and O–H groups in total. The quantitative estimate of drug-likeness (QED) is 0.810. The van der Waals surface area contributed by atoms with E-state index in [-0.39, 0.29) is 41.3 Å². The molecular formula is C20H21F2N3O4. The highest BCUT2D eigenvalue weighted by atomic mass is 19.1. The molecule has 0 radical (unpaired) electrons. The van der Waals surface area contributed by atoms with Crippen LogP contribution in [0.25, 0.3) is 10.9 Å². The molecule has 29 heavy (non-hydrogen) atoms. The number of hydrogen-bond acceptors (Lipinski definition) is 5. The fourth-order valence-electron chi connectivity index (χ4n) is 5.25. The third-order valence-electron chi connectivity index (χ3n) is 6.74. The van der Waals surface area contributed by atoms with Gasteiger partial charge in [-0.05, 0) is 25.3 Å². The number of carbonyl (C=O) groups is 1. The molecule has 0 amide bonds. The van der Waals surface area contributed by atoms with Gasteiger partial charge in [0.2, 0.25) is 5.43 Å². The van der Waals surface area contributed by atoms with Crippen molar-refractivity contribution in [3.8, 4) is 5.75 Å². The van der Waals surface area contributed by atoms with Crippen LogP contribution < -0.4 is 20.8 Å². The predicted octanol–water partition coefficient (Wildman–Crippen LogP) is 1.92. The van der Waals surface area contributed by atoms with Crippen molar-refractivity contribution >= 4 is 22.6 Å². The maximum absolute atomic E-state index is 15.2. The predicted molar refractivity (Wildman–Crippen MR) is 102 cm³/mol. The molecular weight excluding hydrogens is 384 g/mol. The molecule has 1 aromatic carbocycles. The number of nitrogens with zero attached hydrogens (tertiary/aromatic N) is 2. The van der Waals surface area contributed by atoms with Gasteiger partial charge in [0.05, 0.1) is 23.6 Å². The average molecular weight is 405 g/mol. The lowest BCUT2D eigenvalue weighted by molar-refractivity contribution is 0.0629. The number of carboxylic acid groups (broad SMARTS) is 1. The van der Waals surface area contributed by atoms with Crippen LogP contribution >= 0.6 is 0 Å². The summed E-state index contributed by atoms with van der Waals surface area (Å²) in [6.07, 6.45) is 1.85. The summed E-state index contributed by atoms with van der Waals surface area (Å²) in [5.74, 6) is -2.00. The molecule has 0 bridgehead atoms. The smallest absolute Gasteiger partial charge is 0.341 e. The van der Waals surface area contributed by atoms with Crippen LogP contribution in [0.15, 0.2) is 17.1 Å². The van der Waals surface area contributed by atoms with Gasteiger partial charge in [0, 0.05) is 30.7 Å². The van der Waals surface area contributed by atoms with Crippen molar-refractivity contribution in [3.05, 3.63) is 33.9 Å². The topological polar surface area (TPSA) is 97.8 Å². The lowest BCUT2D eigenvalue weighted by Crippen LogP contribution is -2.60. The van der Waals surface area contributed by atoms with Crippen LogP contribution in [-0.2, 0) is 0 Å². The standard InChI is InChI=1S/C20H21F2N3O4/c1-9-7-29-18-15-11(17(26)12(19(27)28)5-25(9)15)2-14(22)16(18)24-6-13-10(4-21)3-20(13,23)8-24/h2,5,9-10,13H,3-4,6-8,23H2,1H3,(H,27,28)/t9-,10-,13+,20+/m0/s1. The zero-order valence-corrected chi connectivity index (χ0v) is 15.8. The van der Waals surface area contributed by atoms with Gasteiger partial charge in [-0.25, -0.2) is 9.18 Å². The Balaban J connectivity index is 1.72. The molecule has 0 spiro atoms. The molecule has 9 heteroatoms. The molecule has 3 aliphatic rings. The molecule has 1 saturated carbocycles. The molecule has 2 aromatic rings. The van der Waals surface area contributed by atoms with Gasteiger partial charge in [-0.15, -0.1) is 0 Å². The van der Waals surface area contributed by atoms with Crippen molar-refractivity contribution in [1.29, 1.82) is 0 Å². The van der Waals surface area contributed by atoms with Crippen molar-refractivity contribution in [1.82, 2.24) is 4.57 Å². The molecule has 1 aromatic heterocycles. The Bertz CT molecular complexity index is 1120. The molecule has 5 rings (SSSR count). The number of aromatic carboxylic acids is 1. The lowest BCUT2D eigenvalue weighted by atomic mass is 9.62. The number of hydrogen-bond donors (Lipinski definition) is 2. The van der Waals surface area contributed by atoms with Gasteiger partial charge in [-0.1, -0.05) is 0 Å². The fraction of sp³-hybridized carbons (Fsp3) is 0.500. The Morgan fingerprint density at radius 1 is 1.48 bits per heavy atom. The van der Waals surface area contributed by atoms with Crippen molar-refractivity contribution in [3.63, 3.8) is 0 Å². The second-order valence-corrected chi connectivity index (χ2v) is 8.52. The van der Waals surface area contributed by atoms with Crippen molar-refractivity contribution in [2.75, 3.05) is 31.3 Å². The van der Waals surface area contributed by atoms with Gasteiger partial charge in [0.15, 0.2) is 11.6 Å². The van der Waals surface area contributed by atoms with Crippen LogP contribution in [0.1, 0.15) is 29.7 Å². The summed E-state index contributed by atoms with van der Waals surface area (Å²) in [6, 6.07) is 0.852. The van der Waals surface area contributed by atoms with E-state index in [2.05, 4.69) is 0 Å². The molecule has 1 aliphatic carbocycles. The highest BCUT2D eigenvalue weighted by molar-refractivity contribution is 5.97. The fourth-order valence-corrected chi connectivity index (χ4v) is 5.25. The average Bonchev–Trinajstić information content (AvgIpc) is 2.92. The Morgan fingerprint density at radius 2 is 2.24 bits per heavy atom. The van der Waals surface area contributed by atoms with Gasteiger partial charge in [0.25, 0.3) is 0 Å². The van der Waals surface area contributed by atoms with Gasteiger partial charge in [0.1, 0.15) is 17.9 Å². The van der Waals surface area contributed by atoms with Crippen molar-refractivity contribution in [2.45, 2.75) is 24.9 Å². The summed E-state index contributed by atoms with van der Waals surface area (Å²) in [6.45, 7) is 2.38. The largest absolute Gasteiger partial charge is 0.487 e. The van der Waals surface area contributed by atoms with Gasteiger partial charge in [-0.2, -0.15) is 0 Å². The van der Waals surface area contributed by atoms with Crippen LogP contribution in [-0.4, -0.2) is 47.6 Å². The summed E-state index contributed by atoms with van der Waals surface area (Å²) in [4.78, 5) is 25.9. The first-order valence-electron chi connectivity index (χ1n) is 9.62. The highest BCUT2D eigenvalue weighted by Gasteiger charge is 2.57. The van der Waals surface area contributed by atoms with Crippen LogP contribution in [0.5, 0.6) is 5.75 Å². The van der Waals surface area contributed by atoms with Crippen molar-refractivity contribution in [2.24, 2.45) is 17.6 Å². The third kappa shape index (κ3) is 2.36. The number of alkyl halides is 1. The minimum absolute atomic E-state index is 0.0287. The minimum Gasteiger partial charge on any atom is -0.487 e. The Kier molecular flexibility index (Phi) is 3.74. The highest BCUT2D eigenvalue weighted by Crippen LogP contribution is 2.51. The van der Waals surface area contributed by atoms with E-state index in [0.29, 0.717) is 25.0 Å². The van der Waals surface area contributed by atoms with Crippen molar-refractivity contribution < 1.29 is 23.4 Å². The first-order chi connectivity index (χ1) is 13.7. The summed E-state index contributed by atoms with van der Waals surface area (Å²) < 4.78 is 36.0. The maximum Gasteiger partial charge on any atom is 0.341 e. The molecule has 7 nitrogen and oxygen atoms in total. The zero-order valence-electron chi connectivity index (χ0n) is 15.8. The number of aromatic nitrogens is 1. The Labute approximate surface area is 164 Å². The SMILES string of the molecule is C[C@H]1COc2c(N3C[C@@H]4[C@H](CF)C[C@@]4(N)C3)c(F)cc3c(=O)c(C(=O)O)cn1c23. The zero-order chi connectivity index (χ0) is 20.7. The van der Waals surface area contributed by atoms with Gasteiger partial charge >= 0.3 is 5.97 Å². The van der Waals surface area contributed by atoms with E-state index in [1.54, 1.807) is 9.47 Å². The van der Waals surface area contributed by atoms with E-state index in [1.165, 1.54) is 6.20 Å². The number of benzene rings is 1. The summed E-state index contributed by atoms with van der Waals surface area (Å²) >= 11 is 0. The molecule has 4 atom stereocenters. The second kappa shape index (κ2) is 5.91. The van der Waals surface area contributed by atoms with Gasteiger partial charge in [-0.3, -0.25) is 9.18 Å². The Hall–Kier alpha value is -2.68. The number of nitrogens with two attached hydrogens (primary N) is 1. The normalized spacial score (nSPS) is 30.1. The number of halogens is 2. The number of rotatable bonds is 3. The molecule has 2 fully saturated rings. The number of fused-ring (bicyclic) bond motifs is 1. The maximum atomic E-state index is 15.2. The number of anilines is 1. The Morgan fingerprint density at radius 3 is 2.93 bits per heavy atom. The van der Waals surface area contributed by atoms with E-state index in [9.17, 15) is 19.1 Å². The number of pyridine rings is 1. The molecule has 2 aliphatic heterocycles. The molecule has 3 heterocycles. The van der Waals surface area contributed by atoms with E-state index in [4.69, 9.17) is 10.5 Å². The monoisotopic (exact) mass is 405 g/mol. The molecule has 154 valence electrons. The first-order valence-corrected chi connectivity index (χ1v) is 9.62. The van der Waals surface area contributed by atoms with E-state index in [0.717, 1.165) is 6.07 Å². The van der Waals surface area contributed by atoms with Gasteiger partial charge < -0.3 is 25.0 Å². The number of carboxylic acids is 1. The molecule has 0 unspecified atom stereocenters. The number of ether oxygens (including phenoxy) is 1. The van der Waals surface area contributed by atoms with Crippen LogP contribution in [0.3, 0.4) is 0 Å². The van der Waals surface area contributed by atoms with E-state index < -0.39 is 35.0 Å². The minimum atomic E-state index is -1.36. The lowest BCUT2D eigenvalue weighted by Gasteiger charge is -2.46. The van der Waals surface area contributed by atoms with E-state index >= 15 is 4.39 Å². The van der Waals surface area contributed by atoms with Crippen LogP contribution in [0, 0.1) is 17.7 Å². The third-order valence-corrected chi connectivity index (χ3v) is 6.74.